The Morgan fingerprint density at radius 1 is 1.30 bits per heavy atom. The minimum absolute atomic E-state index is 0.0835. The molecule has 1 amide bonds. The maximum Gasteiger partial charge on any atom is 0.224 e. The van der Waals surface area contributed by atoms with E-state index in [1.807, 2.05) is 0 Å². The van der Waals surface area contributed by atoms with Gasteiger partial charge < -0.3 is 15.7 Å². The quantitative estimate of drug-likeness (QED) is 0.586. The fourth-order valence-electron chi connectivity index (χ4n) is 3.19. The average Bonchev–Trinajstić information content (AvgIpc) is 2.47. The van der Waals surface area contributed by atoms with Crippen LogP contribution in [0.3, 0.4) is 0 Å². The first-order valence-electron chi connectivity index (χ1n) is 7.74. The number of aliphatic hydroxyl groups excluding tert-OH is 1. The molecule has 3 N–H and O–H groups in total. The number of nitrogens with zero attached hydrogens (tertiary/aromatic N) is 2. The monoisotopic (exact) mass is 284 g/mol. The molecule has 2 heterocycles. The lowest BCUT2D eigenvalue weighted by molar-refractivity contribution is -0.126. The molecule has 0 spiro atoms. The molecule has 2 rings (SSSR count). The van der Waals surface area contributed by atoms with Gasteiger partial charge in [0.05, 0.1) is 12.0 Å². The van der Waals surface area contributed by atoms with Crippen molar-refractivity contribution in [1.29, 1.82) is 0 Å². The molecule has 0 aliphatic carbocycles. The summed E-state index contributed by atoms with van der Waals surface area (Å²) in [5.74, 6) is 0.214. The smallest absolute Gasteiger partial charge is 0.224 e. The molecule has 2 fully saturated rings. The molecule has 2 atom stereocenters. The molecule has 0 radical (unpaired) electrons. The molecular formula is C14H28N4O2. The second kappa shape index (κ2) is 7.93. The highest BCUT2D eigenvalue weighted by Crippen LogP contribution is 2.16. The second-order valence-electron chi connectivity index (χ2n) is 5.92. The van der Waals surface area contributed by atoms with Gasteiger partial charge in [0.2, 0.25) is 5.91 Å². The average molecular weight is 284 g/mol. The van der Waals surface area contributed by atoms with E-state index in [2.05, 4.69) is 20.4 Å². The van der Waals surface area contributed by atoms with Crippen LogP contribution in [0.2, 0.25) is 0 Å². The van der Waals surface area contributed by atoms with Gasteiger partial charge in [-0.25, -0.2) is 0 Å². The molecule has 20 heavy (non-hydrogen) atoms. The Morgan fingerprint density at radius 3 is 2.70 bits per heavy atom. The zero-order valence-electron chi connectivity index (χ0n) is 12.5. The predicted molar refractivity (Wildman–Crippen MR) is 78.5 cm³/mol. The summed E-state index contributed by atoms with van der Waals surface area (Å²) in [5, 5.41) is 16.3. The summed E-state index contributed by atoms with van der Waals surface area (Å²) >= 11 is 0. The van der Waals surface area contributed by atoms with E-state index in [-0.39, 0.29) is 17.9 Å². The first kappa shape index (κ1) is 15.7. The summed E-state index contributed by atoms with van der Waals surface area (Å²) in [6, 6.07) is 0. The standard InChI is InChI=1S/C14H28N4O2/c1-15-14(20)12-3-2-6-18(9-12)11-13(19)10-17-7-4-16-5-8-17/h12-13,16,19H,2-11H2,1H3,(H,15,20). The van der Waals surface area contributed by atoms with Crippen LogP contribution in [0.4, 0.5) is 0 Å². The summed E-state index contributed by atoms with van der Waals surface area (Å²) in [6.45, 7) is 7.23. The summed E-state index contributed by atoms with van der Waals surface area (Å²) in [7, 11) is 1.69. The fraction of sp³-hybridized carbons (Fsp3) is 0.929. The number of piperidine rings is 1. The normalized spacial score (nSPS) is 27.2. The van der Waals surface area contributed by atoms with Crippen LogP contribution in [0, 0.1) is 5.92 Å². The Morgan fingerprint density at radius 2 is 2.00 bits per heavy atom. The number of amides is 1. The molecule has 0 aromatic rings. The van der Waals surface area contributed by atoms with Gasteiger partial charge in [0.15, 0.2) is 0 Å². The van der Waals surface area contributed by atoms with Gasteiger partial charge in [-0.1, -0.05) is 0 Å². The number of likely N-dealkylation sites (tertiary alicyclic amines) is 1. The molecule has 2 aliphatic heterocycles. The number of rotatable bonds is 5. The number of hydrogen-bond donors (Lipinski definition) is 3. The van der Waals surface area contributed by atoms with E-state index in [0.717, 1.165) is 58.7 Å². The lowest BCUT2D eigenvalue weighted by atomic mass is 9.97. The van der Waals surface area contributed by atoms with Crippen LogP contribution in [0.1, 0.15) is 12.8 Å². The van der Waals surface area contributed by atoms with Crippen LogP contribution in [-0.4, -0.2) is 86.3 Å². The highest BCUT2D eigenvalue weighted by Gasteiger charge is 2.26. The zero-order valence-corrected chi connectivity index (χ0v) is 12.5. The number of piperazine rings is 1. The van der Waals surface area contributed by atoms with Crippen molar-refractivity contribution in [1.82, 2.24) is 20.4 Å². The van der Waals surface area contributed by atoms with Crippen molar-refractivity contribution in [3.63, 3.8) is 0 Å². The van der Waals surface area contributed by atoms with Gasteiger partial charge in [0.25, 0.3) is 0 Å². The summed E-state index contributed by atoms with van der Waals surface area (Å²) < 4.78 is 0. The topological polar surface area (TPSA) is 67.8 Å². The van der Waals surface area contributed by atoms with Crippen LogP contribution in [0.15, 0.2) is 0 Å². The summed E-state index contributed by atoms with van der Waals surface area (Å²) in [4.78, 5) is 16.2. The van der Waals surface area contributed by atoms with Crippen molar-refractivity contribution in [3.05, 3.63) is 0 Å². The van der Waals surface area contributed by atoms with Gasteiger partial charge in [-0.2, -0.15) is 0 Å². The number of aliphatic hydroxyl groups is 1. The molecule has 0 aromatic heterocycles. The SMILES string of the molecule is CNC(=O)C1CCCN(CC(O)CN2CCNCC2)C1. The van der Waals surface area contributed by atoms with Crippen LogP contribution < -0.4 is 10.6 Å². The molecule has 0 bridgehead atoms. The first-order valence-corrected chi connectivity index (χ1v) is 7.74. The van der Waals surface area contributed by atoms with E-state index >= 15 is 0 Å². The lowest BCUT2D eigenvalue weighted by Gasteiger charge is -2.35. The van der Waals surface area contributed by atoms with Gasteiger partial charge >= 0.3 is 0 Å². The third-order valence-electron chi connectivity index (χ3n) is 4.27. The molecule has 2 aliphatic rings. The van der Waals surface area contributed by atoms with Crippen molar-refractivity contribution in [2.75, 3.05) is 59.4 Å². The Bertz CT molecular complexity index is 308. The Balaban J connectivity index is 1.72. The number of β-amino-alcohol motifs (C(OH)–C–C–N with tert-alkyl or cyclic N) is 1. The summed E-state index contributed by atoms with van der Waals surface area (Å²) in [5.41, 5.74) is 0. The fourth-order valence-corrected chi connectivity index (χ4v) is 3.19. The maximum atomic E-state index is 11.7. The zero-order chi connectivity index (χ0) is 14.4. The van der Waals surface area contributed by atoms with E-state index in [0.29, 0.717) is 6.54 Å². The van der Waals surface area contributed by atoms with Crippen LogP contribution in [0.25, 0.3) is 0 Å². The molecule has 116 valence electrons. The number of carbonyl (C=O) groups excluding carboxylic acids is 1. The van der Waals surface area contributed by atoms with E-state index in [9.17, 15) is 9.90 Å². The minimum Gasteiger partial charge on any atom is -0.390 e. The molecule has 2 saturated heterocycles. The van der Waals surface area contributed by atoms with Gasteiger partial charge in [-0.3, -0.25) is 14.6 Å². The van der Waals surface area contributed by atoms with Gasteiger partial charge in [0, 0.05) is 52.9 Å². The van der Waals surface area contributed by atoms with E-state index in [4.69, 9.17) is 0 Å². The van der Waals surface area contributed by atoms with Gasteiger partial charge in [-0.05, 0) is 19.4 Å². The van der Waals surface area contributed by atoms with E-state index in [1.54, 1.807) is 7.05 Å². The first-order chi connectivity index (χ1) is 9.69. The summed E-state index contributed by atoms with van der Waals surface area (Å²) in [6.07, 6.45) is 1.68. The van der Waals surface area contributed by atoms with E-state index in [1.165, 1.54) is 0 Å². The Labute approximate surface area is 121 Å². The highest BCUT2D eigenvalue weighted by molar-refractivity contribution is 5.78. The van der Waals surface area contributed by atoms with E-state index < -0.39 is 0 Å². The highest BCUT2D eigenvalue weighted by atomic mass is 16.3. The second-order valence-corrected chi connectivity index (χ2v) is 5.92. The molecule has 6 nitrogen and oxygen atoms in total. The maximum absolute atomic E-state index is 11.7. The van der Waals surface area contributed by atoms with Gasteiger partial charge in [-0.15, -0.1) is 0 Å². The molecule has 6 heteroatoms. The molecule has 2 unspecified atom stereocenters. The van der Waals surface area contributed by atoms with Crippen molar-refractivity contribution in [3.8, 4) is 0 Å². The third kappa shape index (κ3) is 4.70. The Hall–Kier alpha value is -0.690. The predicted octanol–water partition coefficient (Wildman–Crippen LogP) is -1.29. The number of carbonyl (C=O) groups is 1. The van der Waals surface area contributed by atoms with Crippen LogP contribution in [-0.2, 0) is 4.79 Å². The molecule has 0 saturated carbocycles. The number of nitrogens with one attached hydrogen (secondary N) is 2. The van der Waals surface area contributed by atoms with Crippen molar-refractivity contribution in [2.24, 2.45) is 5.92 Å². The van der Waals surface area contributed by atoms with Gasteiger partial charge in [0.1, 0.15) is 0 Å². The Kier molecular flexibility index (Phi) is 6.22. The number of hydrogen-bond acceptors (Lipinski definition) is 5. The van der Waals surface area contributed by atoms with Crippen LogP contribution in [0.5, 0.6) is 0 Å². The van der Waals surface area contributed by atoms with Crippen LogP contribution >= 0.6 is 0 Å². The lowest BCUT2D eigenvalue weighted by Crippen LogP contribution is -2.50. The third-order valence-corrected chi connectivity index (χ3v) is 4.27. The van der Waals surface area contributed by atoms with Crippen molar-refractivity contribution in [2.45, 2.75) is 18.9 Å². The largest absolute Gasteiger partial charge is 0.390 e. The molecular weight excluding hydrogens is 256 g/mol. The van der Waals surface area contributed by atoms with Crippen molar-refractivity contribution < 1.29 is 9.90 Å². The minimum atomic E-state index is -0.323. The van der Waals surface area contributed by atoms with Crippen molar-refractivity contribution >= 4 is 5.91 Å². The molecule has 0 aromatic carbocycles.